The molecule has 2 fully saturated rings. The molecule has 0 spiro atoms. The van der Waals surface area contributed by atoms with Gasteiger partial charge in [0.1, 0.15) is 0 Å². The van der Waals surface area contributed by atoms with Crippen LogP contribution < -0.4 is 5.32 Å². The molecule has 2 heterocycles. The van der Waals surface area contributed by atoms with E-state index in [2.05, 4.69) is 5.32 Å². The van der Waals surface area contributed by atoms with E-state index in [-0.39, 0.29) is 0 Å². The molecule has 2 unspecified atom stereocenters. The molecule has 1 N–H and O–H groups in total. The van der Waals surface area contributed by atoms with Crippen LogP contribution in [0.25, 0.3) is 0 Å². The van der Waals surface area contributed by atoms with Crippen molar-refractivity contribution >= 4 is 0 Å². The van der Waals surface area contributed by atoms with E-state index >= 15 is 0 Å². The summed E-state index contributed by atoms with van der Waals surface area (Å²) in [6, 6.07) is 0.586. The Morgan fingerprint density at radius 1 is 1.07 bits per heavy atom. The van der Waals surface area contributed by atoms with Crippen LogP contribution in [0.2, 0.25) is 0 Å². The molecule has 0 saturated carbocycles. The van der Waals surface area contributed by atoms with Crippen molar-refractivity contribution in [3.63, 3.8) is 0 Å². The first kappa shape index (κ1) is 11.4. The molecule has 2 aliphatic rings. The summed E-state index contributed by atoms with van der Waals surface area (Å²) in [5.41, 5.74) is 0. The number of rotatable bonds is 4. The maximum Gasteiger partial charge on any atom is 0.0619 e. The van der Waals surface area contributed by atoms with E-state index in [0.29, 0.717) is 12.1 Å². The topological polar surface area (TPSA) is 30.5 Å². The molecule has 0 aliphatic carbocycles. The molecular formula is C12H23NO2. The molecule has 2 aliphatic heterocycles. The molecule has 3 nitrogen and oxygen atoms in total. The molecule has 2 saturated heterocycles. The second-order valence-electron chi connectivity index (χ2n) is 4.65. The van der Waals surface area contributed by atoms with E-state index in [9.17, 15) is 0 Å². The van der Waals surface area contributed by atoms with Gasteiger partial charge < -0.3 is 14.8 Å². The Balaban J connectivity index is 1.53. The molecule has 0 aromatic rings. The van der Waals surface area contributed by atoms with E-state index in [1.54, 1.807) is 0 Å². The Morgan fingerprint density at radius 2 is 2.07 bits per heavy atom. The van der Waals surface area contributed by atoms with E-state index in [1.807, 2.05) is 0 Å². The summed E-state index contributed by atoms with van der Waals surface area (Å²) in [6.07, 6.45) is 8.00. The number of nitrogens with one attached hydrogen (secondary N) is 1. The Bertz CT molecular complexity index is 145. The summed E-state index contributed by atoms with van der Waals surface area (Å²) in [4.78, 5) is 0. The van der Waals surface area contributed by atoms with E-state index < -0.39 is 0 Å². The molecule has 0 aromatic carbocycles. The van der Waals surface area contributed by atoms with Gasteiger partial charge in [-0.1, -0.05) is 0 Å². The first-order valence-corrected chi connectivity index (χ1v) is 6.38. The van der Waals surface area contributed by atoms with Crippen molar-refractivity contribution in [1.29, 1.82) is 0 Å². The lowest BCUT2D eigenvalue weighted by Gasteiger charge is -2.26. The molecular weight excluding hydrogens is 190 g/mol. The lowest BCUT2D eigenvalue weighted by atomic mass is 10.1. The van der Waals surface area contributed by atoms with Gasteiger partial charge in [0.05, 0.1) is 12.7 Å². The van der Waals surface area contributed by atoms with Gasteiger partial charge in [0.2, 0.25) is 0 Å². The van der Waals surface area contributed by atoms with Crippen molar-refractivity contribution in [2.45, 2.75) is 50.7 Å². The van der Waals surface area contributed by atoms with Crippen molar-refractivity contribution in [2.75, 3.05) is 26.4 Å². The van der Waals surface area contributed by atoms with Gasteiger partial charge in [0, 0.05) is 19.3 Å². The average molecular weight is 213 g/mol. The Labute approximate surface area is 92.5 Å². The van der Waals surface area contributed by atoms with Gasteiger partial charge >= 0.3 is 0 Å². The van der Waals surface area contributed by atoms with Gasteiger partial charge in [-0.25, -0.2) is 0 Å². The molecule has 0 radical (unpaired) electrons. The Kier molecular flexibility index (Phi) is 4.90. The fourth-order valence-electron chi connectivity index (χ4n) is 2.39. The van der Waals surface area contributed by atoms with Crippen LogP contribution in [0.4, 0.5) is 0 Å². The number of ether oxygens (including phenoxy) is 2. The van der Waals surface area contributed by atoms with Gasteiger partial charge in [-0.05, 0) is 45.1 Å². The van der Waals surface area contributed by atoms with Crippen molar-refractivity contribution in [3.05, 3.63) is 0 Å². The zero-order chi connectivity index (χ0) is 10.3. The molecule has 88 valence electrons. The molecule has 2 atom stereocenters. The lowest BCUT2D eigenvalue weighted by Crippen LogP contribution is -2.38. The van der Waals surface area contributed by atoms with Crippen LogP contribution in [0.15, 0.2) is 0 Å². The second-order valence-corrected chi connectivity index (χ2v) is 4.65. The summed E-state index contributed by atoms with van der Waals surface area (Å²) < 4.78 is 11.1. The smallest absolute Gasteiger partial charge is 0.0619 e. The predicted octanol–water partition coefficient (Wildman–Crippen LogP) is 1.71. The number of hydrogen-bond donors (Lipinski definition) is 1. The summed E-state index contributed by atoms with van der Waals surface area (Å²) >= 11 is 0. The van der Waals surface area contributed by atoms with Gasteiger partial charge in [-0.3, -0.25) is 0 Å². The van der Waals surface area contributed by atoms with Crippen LogP contribution in [-0.4, -0.2) is 38.5 Å². The van der Waals surface area contributed by atoms with Gasteiger partial charge in [0.25, 0.3) is 0 Å². The van der Waals surface area contributed by atoms with Crippen molar-refractivity contribution in [2.24, 2.45) is 0 Å². The SMILES string of the molecule is C1CCC(CCNC2CCCOC2)OC1. The zero-order valence-electron chi connectivity index (χ0n) is 9.54. The van der Waals surface area contributed by atoms with E-state index in [0.717, 1.165) is 32.8 Å². The monoisotopic (exact) mass is 213 g/mol. The normalized spacial score (nSPS) is 32.8. The molecule has 15 heavy (non-hydrogen) atoms. The maximum atomic E-state index is 5.70. The Morgan fingerprint density at radius 3 is 2.80 bits per heavy atom. The van der Waals surface area contributed by atoms with Crippen LogP contribution in [0.3, 0.4) is 0 Å². The highest BCUT2D eigenvalue weighted by atomic mass is 16.5. The molecule has 0 aromatic heterocycles. The van der Waals surface area contributed by atoms with Crippen LogP contribution in [-0.2, 0) is 9.47 Å². The van der Waals surface area contributed by atoms with Crippen LogP contribution in [0.5, 0.6) is 0 Å². The molecule has 2 rings (SSSR count). The van der Waals surface area contributed by atoms with Gasteiger partial charge in [0.15, 0.2) is 0 Å². The van der Waals surface area contributed by atoms with Gasteiger partial charge in [-0.2, -0.15) is 0 Å². The minimum atomic E-state index is 0.510. The molecule has 3 heteroatoms. The average Bonchev–Trinajstić information content (AvgIpc) is 2.32. The fourth-order valence-corrected chi connectivity index (χ4v) is 2.39. The molecule has 0 amide bonds. The van der Waals surface area contributed by atoms with E-state index in [4.69, 9.17) is 9.47 Å². The zero-order valence-corrected chi connectivity index (χ0v) is 9.54. The Hall–Kier alpha value is -0.120. The third-order valence-electron chi connectivity index (χ3n) is 3.33. The van der Waals surface area contributed by atoms with Crippen molar-refractivity contribution in [3.8, 4) is 0 Å². The van der Waals surface area contributed by atoms with Crippen LogP contribution >= 0.6 is 0 Å². The first-order chi connectivity index (χ1) is 7.45. The summed E-state index contributed by atoms with van der Waals surface area (Å²) in [5.74, 6) is 0. The summed E-state index contributed by atoms with van der Waals surface area (Å²) in [6.45, 7) is 3.89. The standard InChI is InChI=1S/C12H23NO2/c1-2-9-15-12(5-1)6-7-13-11-4-3-8-14-10-11/h11-13H,1-10H2. The fraction of sp³-hybridized carbons (Fsp3) is 1.00. The first-order valence-electron chi connectivity index (χ1n) is 6.38. The summed E-state index contributed by atoms with van der Waals surface area (Å²) in [7, 11) is 0. The third-order valence-corrected chi connectivity index (χ3v) is 3.33. The summed E-state index contributed by atoms with van der Waals surface area (Å²) in [5, 5.41) is 3.56. The highest BCUT2D eigenvalue weighted by molar-refractivity contribution is 4.72. The maximum absolute atomic E-state index is 5.70. The molecule has 0 bridgehead atoms. The van der Waals surface area contributed by atoms with Crippen molar-refractivity contribution < 1.29 is 9.47 Å². The lowest BCUT2D eigenvalue weighted by molar-refractivity contribution is 0.00936. The highest BCUT2D eigenvalue weighted by Crippen LogP contribution is 2.15. The van der Waals surface area contributed by atoms with Crippen LogP contribution in [0, 0.1) is 0 Å². The minimum absolute atomic E-state index is 0.510. The van der Waals surface area contributed by atoms with E-state index in [1.165, 1.54) is 32.1 Å². The van der Waals surface area contributed by atoms with Crippen LogP contribution in [0.1, 0.15) is 38.5 Å². The highest BCUT2D eigenvalue weighted by Gasteiger charge is 2.16. The number of hydrogen-bond acceptors (Lipinski definition) is 3. The quantitative estimate of drug-likeness (QED) is 0.771. The largest absolute Gasteiger partial charge is 0.380 e. The van der Waals surface area contributed by atoms with Crippen molar-refractivity contribution in [1.82, 2.24) is 5.32 Å². The predicted molar refractivity (Wildman–Crippen MR) is 60.1 cm³/mol. The second kappa shape index (κ2) is 6.46. The minimum Gasteiger partial charge on any atom is -0.380 e. The third kappa shape index (κ3) is 4.09. The van der Waals surface area contributed by atoms with Gasteiger partial charge in [-0.15, -0.1) is 0 Å².